The molecule has 2 aliphatic rings. The zero-order valence-electron chi connectivity index (χ0n) is 9.95. The molecule has 2 unspecified atom stereocenters. The predicted octanol–water partition coefficient (Wildman–Crippen LogP) is 3.20. The lowest BCUT2D eigenvalue weighted by Gasteiger charge is -2.40. The van der Waals surface area contributed by atoms with Gasteiger partial charge in [0.15, 0.2) is 0 Å². The lowest BCUT2D eigenvalue weighted by molar-refractivity contribution is -0.0330. The summed E-state index contributed by atoms with van der Waals surface area (Å²) in [5.41, 5.74) is 0.441. The minimum atomic E-state index is -0.528. The SMILES string of the molecule is CCC1(C2CC2)CC(O)c2ccc(F)cc2O1. The Kier molecular flexibility index (Phi) is 2.40. The van der Waals surface area contributed by atoms with Crippen molar-refractivity contribution < 1.29 is 14.2 Å². The summed E-state index contributed by atoms with van der Waals surface area (Å²) >= 11 is 0. The highest BCUT2D eigenvalue weighted by molar-refractivity contribution is 5.39. The van der Waals surface area contributed by atoms with Crippen molar-refractivity contribution in [2.45, 2.75) is 44.3 Å². The average molecular weight is 236 g/mol. The third-order valence-electron chi connectivity index (χ3n) is 4.11. The number of fused-ring (bicyclic) bond motifs is 1. The van der Waals surface area contributed by atoms with Gasteiger partial charge in [-0.25, -0.2) is 4.39 Å². The molecule has 1 saturated carbocycles. The molecule has 1 fully saturated rings. The van der Waals surface area contributed by atoms with E-state index in [9.17, 15) is 9.50 Å². The number of aliphatic hydroxyl groups is 1. The Hall–Kier alpha value is -1.09. The Labute approximate surface area is 100 Å². The molecule has 92 valence electrons. The van der Waals surface area contributed by atoms with E-state index in [0.29, 0.717) is 18.1 Å². The van der Waals surface area contributed by atoms with Gasteiger partial charge in [0, 0.05) is 18.1 Å². The number of ether oxygens (including phenoxy) is 1. The van der Waals surface area contributed by atoms with E-state index >= 15 is 0 Å². The lowest BCUT2D eigenvalue weighted by atomic mass is 9.83. The molecule has 3 rings (SSSR count). The number of aliphatic hydroxyl groups excluding tert-OH is 1. The Bertz CT molecular complexity index is 442. The van der Waals surface area contributed by atoms with Crippen molar-refractivity contribution in [3.05, 3.63) is 29.6 Å². The van der Waals surface area contributed by atoms with Crippen LogP contribution >= 0.6 is 0 Å². The fourth-order valence-corrected chi connectivity index (χ4v) is 2.93. The molecule has 1 aliphatic heterocycles. The minimum Gasteiger partial charge on any atom is -0.486 e. The second-order valence-electron chi connectivity index (χ2n) is 5.20. The quantitative estimate of drug-likeness (QED) is 0.854. The third-order valence-corrected chi connectivity index (χ3v) is 4.11. The standard InChI is InChI=1S/C14H17FO2/c1-2-14(9-3-4-9)8-12(16)11-6-5-10(15)7-13(11)17-14/h5-7,9,12,16H,2-4,8H2,1H3. The van der Waals surface area contributed by atoms with E-state index in [0.717, 1.165) is 24.8 Å². The number of rotatable bonds is 2. The van der Waals surface area contributed by atoms with Gasteiger partial charge in [-0.1, -0.05) is 6.92 Å². The molecule has 1 aromatic rings. The molecule has 0 radical (unpaired) electrons. The highest BCUT2D eigenvalue weighted by Gasteiger charge is 2.50. The summed E-state index contributed by atoms with van der Waals surface area (Å²) in [6.07, 6.45) is 3.29. The Morgan fingerprint density at radius 1 is 1.47 bits per heavy atom. The van der Waals surface area contributed by atoms with E-state index < -0.39 is 6.10 Å². The molecule has 3 heteroatoms. The second kappa shape index (κ2) is 3.70. The highest BCUT2D eigenvalue weighted by Crippen LogP contribution is 2.52. The van der Waals surface area contributed by atoms with Crippen LogP contribution in [0.15, 0.2) is 18.2 Å². The monoisotopic (exact) mass is 236 g/mol. The molecule has 2 nitrogen and oxygen atoms in total. The van der Waals surface area contributed by atoms with Crippen LogP contribution in [-0.4, -0.2) is 10.7 Å². The first-order valence-corrected chi connectivity index (χ1v) is 6.31. The van der Waals surface area contributed by atoms with Gasteiger partial charge in [0.05, 0.1) is 6.10 Å². The molecular weight excluding hydrogens is 219 g/mol. The average Bonchev–Trinajstić information content (AvgIpc) is 3.12. The van der Waals surface area contributed by atoms with Crippen LogP contribution in [-0.2, 0) is 0 Å². The summed E-state index contributed by atoms with van der Waals surface area (Å²) in [7, 11) is 0. The van der Waals surface area contributed by atoms with Gasteiger partial charge in [0.25, 0.3) is 0 Å². The van der Waals surface area contributed by atoms with Crippen molar-refractivity contribution in [3.8, 4) is 5.75 Å². The van der Waals surface area contributed by atoms with Gasteiger partial charge in [0.2, 0.25) is 0 Å². The van der Waals surface area contributed by atoms with Gasteiger partial charge in [-0.3, -0.25) is 0 Å². The third kappa shape index (κ3) is 1.73. The number of halogens is 1. The topological polar surface area (TPSA) is 29.5 Å². The molecule has 17 heavy (non-hydrogen) atoms. The van der Waals surface area contributed by atoms with Crippen LogP contribution in [0, 0.1) is 11.7 Å². The largest absolute Gasteiger partial charge is 0.486 e. The first-order chi connectivity index (χ1) is 8.14. The highest BCUT2D eigenvalue weighted by atomic mass is 19.1. The maximum atomic E-state index is 13.2. The van der Waals surface area contributed by atoms with Crippen LogP contribution in [0.25, 0.3) is 0 Å². The molecule has 0 saturated heterocycles. The van der Waals surface area contributed by atoms with Crippen molar-refractivity contribution in [1.82, 2.24) is 0 Å². The van der Waals surface area contributed by atoms with Gasteiger partial charge >= 0.3 is 0 Å². The van der Waals surface area contributed by atoms with Crippen molar-refractivity contribution in [2.75, 3.05) is 0 Å². The number of benzene rings is 1. The normalized spacial score (nSPS) is 31.8. The molecule has 0 aromatic heterocycles. The van der Waals surface area contributed by atoms with E-state index in [1.165, 1.54) is 12.1 Å². The van der Waals surface area contributed by atoms with E-state index in [1.54, 1.807) is 6.07 Å². The lowest BCUT2D eigenvalue weighted by Crippen LogP contribution is -2.42. The van der Waals surface area contributed by atoms with Crippen molar-refractivity contribution in [2.24, 2.45) is 5.92 Å². The minimum absolute atomic E-state index is 0.278. The molecular formula is C14H17FO2. The first kappa shape index (κ1) is 11.0. The van der Waals surface area contributed by atoms with Crippen LogP contribution < -0.4 is 4.74 Å². The van der Waals surface area contributed by atoms with Crippen molar-refractivity contribution in [1.29, 1.82) is 0 Å². The smallest absolute Gasteiger partial charge is 0.128 e. The van der Waals surface area contributed by atoms with Crippen molar-refractivity contribution in [3.63, 3.8) is 0 Å². The number of hydrogen-bond donors (Lipinski definition) is 1. The Balaban J connectivity index is 2.00. The van der Waals surface area contributed by atoms with Crippen LogP contribution in [0.2, 0.25) is 0 Å². The Morgan fingerprint density at radius 3 is 2.88 bits per heavy atom. The summed E-state index contributed by atoms with van der Waals surface area (Å²) in [5.74, 6) is 0.745. The van der Waals surface area contributed by atoms with Gasteiger partial charge in [0.1, 0.15) is 17.2 Å². The Morgan fingerprint density at radius 2 is 2.24 bits per heavy atom. The van der Waals surface area contributed by atoms with Crippen LogP contribution in [0.5, 0.6) is 5.75 Å². The number of hydrogen-bond acceptors (Lipinski definition) is 2. The second-order valence-corrected chi connectivity index (χ2v) is 5.20. The van der Waals surface area contributed by atoms with E-state index in [4.69, 9.17) is 4.74 Å². The summed E-state index contributed by atoms with van der Waals surface area (Å²) in [6, 6.07) is 4.40. The molecule has 1 N–H and O–H groups in total. The molecule has 1 aromatic carbocycles. The van der Waals surface area contributed by atoms with Gasteiger partial charge < -0.3 is 9.84 Å². The van der Waals surface area contributed by atoms with Crippen molar-refractivity contribution >= 4 is 0 Å². The maximum absolute atomic E-state index is 13.2. The van der Waals surface area contributed by atoms with Gasteiger partial charge in [-0.15, -0.1) is 0 Å². The molecule has 2 atom stereocenters. The molecule has 0 spiro atoms. The van der Waals surface area contributed by atoms with Crippen LogP contribution in [0.1, 0.15) is 44.3 Å². The summed E-state index contributed by atoms with van der Waals surface area (Å²) in [5, 5.41) is 10.2. The fraction of sp³-hybridized carbons (Fsp3) is 0.571. The fourth-order valence-electron chi connectivity index (χ4n) is 2.93. The van der Waals surface area contributed by atoms with E-state index in [2.05, 4.69) is 6.92 Å². The van der Waals surface area contributed by atoms with E-state index in [1.807, 2.05) is 0 Å². The van der Waals surface area contributed by atoms with Gasteiger partial charge in [-0.2, -0.15) is 0 Å². The van der Waals surface area contributed by atoms with Crippen LogP contribution in [0.3, 0.4) is 0 Å². The zero-order valence-corrected chi connectivity index (χ0v) is 9.95. The van der Waals surface area contributed by atoms with Gasteiger partial charge in [-0.05, 0) is 37.3 Å². The summed E-state index contributed by atoms with van der Waals surface area (Å²) in [6.45, 7) is 2.08. The zero-order chi connectivity index (χ0) is 12.0. The van der Waals surface area contributed by atoms with E-state index in [-0.39, 0.29) is 11.4 Å². The van der Waals surface area contributed by atoms with Crippen LogP contribution in [0.4, 0.5) is 4.39 Å². The maximum Gasteiger partial charge on any atom is 0.128 e. The first-order valence-electron chi connectivity index (χ1n) is 6.31. The predicted molar refractivity (Wildman–Crippen MR) is 62.4 cm³/mol. The molecule has 0 bridgehead atoms. The summed E-state index contributed by atoms with van der Waals surface area (Å²) < 4.78 is 19.3. The summed E-state index contributed by atoms with van der Waals surface area (Å²) in [4.78, 5) is 0. The molecule has 1 aliphatic carbocycles. The molecule has 1 heterocycles. The molecule has 0 amide bonds.